The van der Waals surface area contributed by atoms with Crippen LogP contribution in [0.15, 0.2) is 18.2 Å². The van der Waals surface area contributed by atoms with Crippen LogP contribution in [0.2, 0.25) is 5.02 Å². The summed E-state index contributed by atoms with van der Waals surface area (Å²) in [4.78, 5) is 40.0. The molecule has 1 heterocycles. The first-order chi connectivity index (χ1) is 14.8. The van der Waals surface area contributed by atoms with Crippen molar-refractivity contribution in [1.82, 2.24) is 20.4 Å². The summed E-state index contributed by atoms with van der Waals surface area (Å²) in [5.74, 6) is -0.936. The van der Waals surface area contributed by atoms with Crippen LogP contribution in [0.1, 0.15) is 31.7 Å². The first kappa shape index (κ1) is 23.1. The van der Waals surface area contributed by atoms with Crippen LogP contribution < -0.4 is 10.6 Å². The van der Waals surface area contributed by atoms with Crippen LogP contribution in [-0.4, -0.2) is 66.7 Å². The zero-order valence-electron chi connectivity index (χ0n) is 17.7. The summed E-state index contributed by atoms with van der Waals surface area (Å²) >= 11 is 5.79. The Labute approximate surface area is 186 Å². The van der Waals surface area contributed by atoms with Crippen molar-refractivity contribution in [3.05, 3.63) is 34.6 Å². The number of benzene rings is 1. The van der Waals surface area contributed by atoms with Crippen molar-refractivity contribution in [3.63, 3.8) is 0 Å². The minimum absolute atomic E-state index is 0.0355. The van der Waals surface area contributed by atoms with E-state index in [9.17, 15) is 18.8 Å². The van der Waals surface area contributed by atoms with Gasteiger partial charge in [0, 0.05) is 56.2 Å². The summed E-state index contributed by atoms with van der Waals surface area (Å²) in [6.07, 6.45) is 2.38. The average molecular weight is 455 g/mol. The fourth-order valence-electron chi connectivity index (χ4n) is 3.97. The van der Waals surface area contributed by atoms with E-state index in [0.717, 1.165) is 12.8 Å². The number of likely N-dealkylation sites (tertiary alicyclic amines) is 1. The monoisotopic (exact) mass is 454 g/mol. The molecule has 170 valence electrons. The van der Waals surface area contributed by atoms with Crippen LogP contribution in [0.5, 0.6) is 0 Å². The Hall–Kier alpha value is -2.55. The van der Waals surface area contributed by atoms with Gasteiger partial charge in [-0.3, -0.25) is 4.79 Å². The van der Waals surface area contributed by atoms with Crippen molar-refractivity contribution in [2.45, 2.75) is 44.8 Å². The van der Waals surface area contributed by atoms with E-state index < -0.39 is 5.82 Å². The summed E-state index contributed by atoms with van der Waals surface area (Å²) < 4.78 is 19.2. The number of nitrogens with one attached hydrogen (secondary N) is 2. The van der Waals surface area contributed by atoms with Gasteiger partial charge < -0.3 is 25.2 Å². The van der Waals surface area contributed by atoms with E-state index in [2.05, 4.69) is 10.6 Å². The highest BCUT2D eigenvalue weighted by Crippen LogP contribution is 2.33. The summed E-state index contributed by atoms with van der Waals surface area (Å²) in [7, 11) is 1.55. The van der Waals surface area contributed by atoms with Crippen LogP contribution >= 0.6 is 11.6 Å². The van der Waals surface area contributed by atoms with E-state index in [4.69, 9.17) is 16.3 Å². The van der Waals surface area contributed by atoms with Gasteiger partial charge in [0.15, 0.2) is 0 Å². The predicted molar refractivity (Wildman–Crippen MR) is 113 cm³/mol. The van der Waals surface area contributed by atoms with Gasteiger partial charge in [0.05, 0.1) is 12.6 Å². The van der Waals surface area contributed by atoms with E-state index in [1.54, 1.807) is 29.0 Å². The van der Waals surface area contributed by atoms with Crippen LogP contribution in [-0.2, 0) is 16.1 Å². The smallest absolute Gasteiger partial charge is 0.318 e. The number of amides is 4. The molecule has 2 atom stereocenters. The number of nitrogens with zero attached hydrogens (tertiary/aromatic N) is 2. The number of hydrogen-bond donors (Lipinski definition) is 2. The number of hydrogen-bond acceptors (Lipinski definition) is 4. The van der Waals surface area contributed by atoms with Crippen LogP contribution in [0.4, 0.5) is 14.0 Å². The van der Waals surface area contributed by atoms with E-state index >= 15 is 0 Å². The predicted octanol–water partition coefficient (Wildman–Crippen LogP) is 2.75. The molecule has 0 aromatic heterocycles. The Kier molecular flexibility index (Phi) is 7.59. The van der Waals surface area contributed by atoms with Crippen LogP contribution in [0.3, 0.4) is 0 Å². The Bertz CT molecular complexity index is 836. The molecule has 1 saturated carbocycles. The number of ether oxygens (including phenoxy) is 1. The minimum Gasteiger partial charge on any atom is -0.466 e. The highest BCUT2D eigenvalue weighted by Gasteiger charge is 2.42. The zero-order valence-corrected chi connectivity index (χ0v) is 18.5. The van der Waals surface area contributed by atoms with Gasteiger partial charge in [0.1, 0.15) is 5.82 Å². The number of rotatable bonds is 6. The van der Waals surface area contributed by atoms with Gasteiger partial charge in [-0.2, -0.15) is 0 Å². The maximum Gasteiger partial charge on any atom is 0.318 e. The summed E-state index contributed by atoms with van der Waals surface area (Å²) in [6, 6.07) is 3.65. The lowest BCUT2D eigenvalue weighted by Gasteiger charge is -2.42. The second-order valence-electron chi connectivity index (χ2n) is 8.05. The molecule has 2 aliphatic rings. The van der Waals surface area contributed by atoms with Gasteiger partial charge in [0.2, 0.25) is 0 Å². The van der Waals surface area contributed by atoms with Crippen molar-refractivity contribution in [3.8, 4) is 0 Å². The van der Waals surface area contributed by atoms with E-state index in [1.807, 2.05) is 0 Å². The summed E-state index contributed by atoms with van der Waals surface area (Å²) in [5, 5.41) is 5.71. The van der Waals surface area contributed by atoms with Crippen molar-refractivity contribution in [2.75, 3.05) is 26.7 Å². The van der Waals surface area contributed by atoms with Crippen molar-refractivity contribution < 1.29 is 23.5 Å². The minimum atomic E-state index is -0.476. The number of halogens is 2. The second-order valence-corrected chi connectivity index (χ2v) is 8.49. The molecule has 0 unspecified atom stereocenters. The number of piperidine rings is 1. The van der Waals surface area contributed by atoms with Gasteiger partial charge in [-0.25, -0.2) is 14.0 Å². The lowest BCUT2D eigenvalue weighted by molar-refractivity contribution is -0.143. The fraction of sp³-hybridized carbons (Fsp3) is 0.571. The molecule has 10 heteroatoms. The highest BCUT2D eigenvalue weighted by atomic mass is 35.5. The Morgan fingerprint density at radius 3 is 2.61 bits per heavy atom. The number of carbonyl (C=O) groups is 3. The first-order valence-corrected chi connectivity index (χ1v) is 10.8. The molecule has 1 aliphatic heterocycles. The molecule has 4 amide bonds. The Balaban J connectivity index is 1.70. The lowest BCUT2D eigenvalue weighted by Crippen LogP contribution is -2.58. The molecule has 2 N–H and O–H groups in total. The molecule has 1 saturated heterocycles. The van der Waals surface area contributed by atoms with Crippen molar-refractivity contribution >= 4 is 29.6 Å². The number of urea groups is 2. The molecule has 2 fully saturated rings. The third kappa shape index (κ3) is 6.22. The first-order valence-electron chi connectivity index (χ1n) is 10.4. The second kappa shape index (κ2) is 10.2. The summed E-state index contributed by atoms with van der Waals surface area (Å²) in [5.41, 5.74) is 0.344. The SMILES string of the molecule is CNC(=O)N1C[C@@H](COC(C)=O)C[C@@H](N(C(=O)NCc2ccc(Cl)cc2F)C2CC2)C1. The highest BCUT2D eigenvalue weighted by molar-refractivity contribution is 6.30. The van der Waals surface area contributed by atoms with Crippen molar-refractivity contribution in [1.29, 1.82) is 0 Å². The lowest BCUT2D eigenvalue weighted by atomic mass is 9.93. The van der Waals surface area contributed by atoms with Gasteiger partial charge in [0.25, 0.3) is 0 Å². The molecule has 1 aromatic rings. The molecular weight excluding hydrogens is 427 g/mol. The van der Waals surface area contributed by atoms with Crippen LogP contribution in [0.25, 0.3) is 0 Å². The molecule has 0 spiro atoms. The van der Waals surface area contributed by atoms with E-state index in [-0.39, 0.29) is 49.2 Å². The third-order valence-corrected chi connectivity index (χ3v) is 5.79. The Morgan fingerprint density at radius 1 is 1.26 bits per heavy atom. The summed E-state index contributed by atoms with van der Waals surface area (Å²) in [6.45, 7) is 2.40. The molecule has 1 aliphatic carbocycles. The zero-order chi connectivity index (χ0) is 22.5. The molecule has 31 heavy (non-hydrogen) atoms. The standard InChI is InChI=1S/C21H28ClFN4O4/c1-13(28)31-12-14-7-18(11-26(10-14)20(29)24-2)27(17-5-6-17)21(30)25-9-15-3-4-16(22)8-19(15)23/h3-4,8,14,17-18H,5-7,9-12H2,1-2H3,(H,24,29)(H,25,30)/t14-,18+/m0/s1. The Morgan fingerprint density at radius 2 is 2.00 bits per heavy atom. The number of esters is 1. The maximum atomic E-state index is 14.1. The van der Waals surface area contributed by atoms with Gasteiger partial charge in [-0.05, 0) is 31.4 Å². The van der Waals surface area contributed by atoms with E-state index in [0.29, 0.717) is 30.1 Å². The molecule has 1 aromatic carbocycles. The molecule has 0 bridgehead atoms. The van der Waals surface area contributed by atoms with Crippen LogP contribution in [0, 0.1) is 11.7 Å². The van der Waals surface area contributed by atoms with Gasteiger partial charge >= 0.3 is 18.0 Å². The van der Waals surface area contributed by atoms with E-state index in [1.165, 1.54) is 13.0 Å². The van der Waals surface area contributed by atoms with Gasteiger partial charge in [-0.15, -0.1) is 0 Å². The van der Waals surface area contributed by atoms with Crippen molar-refractivity contribution in [2.24, 2.45) is 5.92 Å². The average Bonchev–Trinajstić information content (AvgIpc) is 3.56. The fourth-order valence-corrected chi connectivity index (χ4v) is 4.12. The topological polar surface area (TPSA) is 91.0 Å². The maximum absolute atomic E-state index is 14.1. The molecule has 8 nitrogen and oxygen atoms in total. The quantitative estimate of drug-likeness (QED) is 0.646. The third-order valence-electron chi connectivity index (χ3n) is 5.55. The number of carbonyl (C=O) groups excluding carboxylic acids is 3. The normalized spacial score (nSPS) is 20.7. The molecular formula is C21H28ClFN4O4. The van der Waals surface area contributed by atoms with Gasteiger partial charge in [-0.1, -0.05) is 17.7 Å². The molecule has 0 radical (unpaired) electrons. The molecule has 3 rings (SSSR count). The largest absolute Gasteiger partial charge is 0.466 e.